The van der Waals surface area contributed by atoms with Crippen molar-refractivity contribution in [1.82, 2.24) is 15.0 Å². The number of anilines is 1. The quantitative estimate of drug-likeness (QED) is 0.640. The van der Waals surface area contributed by atoms with Crippen LogP contribution in [0.5, 0.6) is 5.75 Å². The Kier molecular flexibility index (Phi) is 5.97. The lowest BCUT2D eigenvalue weighted by Crippen LogP contribution is -2.41. The smallest absolute Gasteiger partial charge is 0.322 e. The van der Waals surface area contributed by atoms with Gasteiger partial charge in [-0.2, -0.15) is 4.98 Å². The van der Waals surface area contributed by atoms with E-state index >= 15 is 0 Å². The van der Waals surface area contributed by atoms with Crippen molar-refractivity contribution >= 4 is 11.7 Å². The predicted molar refractivity (Wildman–Crippen MR) is 114 cm³/mol. The molecule has 0 spiro atoms. The molecule has 1 aromatic heterocycles. The fraction of sp³-hybridized carbons (Fsp3) is 0.348. The van der Waals surface area contributed by atoms with E-state index in [0.717, 1.165) is 48.2 Å². The summed E-state index contributed by atoms with van der Waals surface area (Å²) in [6.45, 7) is 2.73. The minimum absolute atomic E-state index is 0.137. The Labute approximate surface area is 176 Å². The molecule has 0 saturated carbocycles. The molecular weight excluding hydrogens is 380 g/mol. The van der Waals surface area contributed by atoms with Gasteiger partial charge in [0.25, 0.3) is 0 Å². The van der Waals surface area contributed by atoms with Crippen LogP contribution in [0, 0.1) is 0 Å². The van der Waals surface area contributed by atoms with Gasteiger partial charge in [0.2, 0.25) is 11.7 Å². The Morgan fingerprint density at radius 1 is 1.23 bits per heavy atom. The standard InChI is InChI=1S/C23H26N4O3/c1-3-16-9-4-5-12-19(16)24-23(28)27-14-7-6-13-20(27)22-25-21(26-30-22)17-10-8-11-18(15-17)29-2/h4-5,8-12,15,20H,3,6-7,13-14H2,1-2H3,(H,24,28). The lowest BCUT2D eigenvalue weighted by molar-refractivity contribution is 0.142. The Morgan fingerprint density at radius 3 is 2.93 bits per heavy atom. The highest BCUT2D eigenvalue weighted by Crippen LogP contribution is 2.32. The highest BCUT2D eigenvalue weighted by Gasteiger charge is 2.32. The third-order valence-corrected chi connectivity index (χ3v) is 5.46. The highest BCUT2D eigenvalue weighted by atomic mass is 16.5. The van der Waals surface area contributed by atoms with Crippen molar-refractivity contribution in [3.05, 3.63) is 60.0 Å². The average Bonchev–Trinajstić information content (AvgIpc) is 3.30. The molecule has 2 aromatic carbocycles. The average molecular weight is 406 g/mol. The predicted octanol–water partition coefficient (Wildman–Crippen LogP) is 5.07. The summed E-state index contributed by atoms with van der Waals surface area (Å²) >= 11 is 0. The van der Waals surface area contributed by atoms with Crippen molar-refractivity contribution < 1.29 is 14.1 Å². The summed E-state index contributed by atoms with van der Waals surface area (Å²) in [6, 6.07) is 15.0. The fourth-order valence-corrected chi connectivity index (χ4v) is 3.82. The molecule has 0 aliphatic carbocycles. The van der Waals surface area contributed by atoms with Gasteiger partial charge in [0.05, 0.1) is 7.11 Å². The normalized spacial score (nSPS) is 16.3. The first-order valence-electron chi connectivity index (χ1n) is 10.3. The fourth-order valence-electron chi connectivity index (χ4n) is 3.82. The van der Waals surface area contributed by atoms with Crippen LogP contribution in [0.15, 0.2) is 53.1 Å². The highest BCUT2D eigenvalue weighted by molar-refractivity contribution is 5.90. The van der Waals surface area contributed by atoms with Gasteiger partial charge >= 0.3 is 6.03 Å². The largest absolute Gasteiger partial charge is 0.497 e. The van der Waals surface area contributed by atoms with Crippen molar-refractivity contribution in [2.24, 2.45) is 0 Å². The second-order valence-electron chi connectivity index (χ2n) is 7.33. The van der Waals surface area contributed by atoms with Crippen LogP contribution >= 0.6 is 0 Å². The number of amides is 2. The number of carbonyl (C=O) groups excluding carboxylic acids is 1. The lowest BCUT2D eigenvalue weighted by atomic mass is 10.0. The van der Waals surface area contributed by atoms with Crippen molar-refractivity contribution in [2.75, 3.05) is 19.0 Å². The topological polar surface area (TPSA) is 80.5 Å². The lowest BCUT2D eigenvalue weighted by Gasteiger charge is -2.33. The number of urea groups is 1. The Morgan fingerprint density at radius 2 is 2.10 bits per heavy atom. The molecular formula is C23H26N4O3. The van der Waals surface area contributed by atoms with E-state index in [9.17, 15) is 4.79 Å². The van der Waals surface area contributed by atoms with Gasteiger partial charge in [0.15, 0.2) is 0 Å². The maximum atomic E-state index is 13.1. The molecule has 3 aromatic rings. The molecule has 156 valence electrons. The van der Waals surface area contributed by atoms with Gasteiger partial charge in [-0.1, -0.05) is 42.4 Å². The number of nitrogens with one attached hydrogen (secondary N) is 1. The van der Waals surface area contributed by atoms with Crippen molar-refractivity contribution in [3.63, 3.8) is 0 Å². The second-order valence-corrected chi connectivity index (χ2v) is 7.33. The third kappa shape index (κ3) is 4.15. The van der Waals surface area contributed by atoms with Crippen molar-refractivity contribution in [1.29, 1.82) is 0 Å². The van der Waals surface area contributed by atoms with Crippen LogP contribution in [0.2, 0.25) is 0 Å². The molecule has 2 amide bonds. The number of ether oxygens (including phenoxy) is 1. The molecule has 4 rings (SSSR count). The van der Waals surface area contributed by atoms with Crippen LogP contribution in [0.4, 0.5) is 10.5 Å². The second kappa shape index (κ2) is 8.98. The molecule has 0 bridgehead atoms. The van der Waals surface area contributed by atoms with E-state index in [1.54, 1.807) is 12.0 Å². The first-order chi connectivity index (χ1) is 14.7. The Hall–Kier alpha value is -3.35. The summed E-state index contributed by atoms with van der Waals surface area (Å²) in [4.78, 5) is 19.5. The van der Waals surface area contributed by atoms with Crippen LogP contribution in [-0.2, 0) is 6.42 Å². The van der Waals surface area contributed by atoms with Gasteiger partial charge in [0, 0.05) is 17.8 Å². The molecule has 7 heteroatoms. The van der Waals surface area contributed by atoms with Crippen molar-refractivity contribution in [2.45, 2.75) is 38.6 Å². The Balaban J connectivity index is 1.55. The zero-order valence-corrected chi connectivity index (χ0v) is 17.3. The monoisotopic (exact) mass is 406 g/mol. The van der Waals surface area contributed by atoms with E-state index in [4.69, 9.17) is 9.26 Å². The summed E-state index contributed by atoms with van der Waals surface area (Å²) in [5, 5.41) is 7.21. The van der Waals surface area contributed by atoms with Gasteiger partial charge in [-0.05, 0) is 49.4 Å². The van der Waals surface area contributed by atoms with Crippen LogP contribution in [0.3, 0.4) is 0 Å². The molecule has 1 N–H and O–H groups in total. The molecule has 1 unspecified atom stereocenters. The number of nitrogens with zero attached hydrogens (tertiary/aromatic N) is 3. The number of hydrogen-bond acceptors (Lipinski definition) is 5. The number of likely N-dealkylation sites (tertiary alicyclic amines) is 1. The van der Waals surface area contributed by atoms with Gasteiger partial charge in [-0.15, -0.1) is 0 Å². The molecule has 1 aliphatic heterocycles. The van der Waals surface area contributed by atoms with Crippen LogP contribution < -0.4 is 10.1 Å². The summed E-state index contributed by atoms with van der Waals surface area (Å²) < 4.78 is 10.9. The first-order valence-corrected chi connectivity index (χ1v) is 10.3. The molecule has 2 heterocycles. The summed E-state index contributed by atoms with van der Waals surface area (Å²) in [7, 11) is 1.62. The molecule has 0 radical (unpaired) electrons. The third-order valence-electron chi connectivity index (χ3n) is 5.46. The number of aryl methyl sites for hydroxylation is 1. The maximum Gasteiger partial charge on any atom is 0.322 e. The summed E-state index contributed by atoms with van der Waals surface area (Å²) in [5.74, 6) is 1.68. The van der Waals surface area contributed by atoms with Crippen molar-refractivity contribution in [3.8, 4) is 17.1 Å². The maximum absolute atomic E-state index is 13.1. The number of methoxy groups -OCH3 is 1. The molecule has 30 heavy (non-hydrogen) atoms. The van der Waals surface area contributed by atoms with Crippen LogP contribution in [0.25, 0.3) is 11.4 Å². The Bertz CT molecular complexity index is 1020. The number of para-hydroxylation sites is 1. The van der Waals surface area contributed by atoms with E-state index in [0.29, 0.717) is 18.3 Å². The zero-order valence-electron chi connectivity index (χ0n) is 17.3. The van der Waals surface area contributed by atoms with Crippen LogP contribution in [0.1, 0.15) is 43.7 Å². The van der Waals surface area contributed by atoms with Gasteiger partial charge in [0.1, 0.15) is 11.8 Å². The van der Waals surface area contributed by atoms with E-state index < -0.39 is 0 Å². The molecule has 7 nitrogen and oxygen atoms in total. The minimum atomic E-state index is -0.237. The van der Waals surface area contributed by atoms with E-state index in [1.807, 2.05) is 48.5 Å². The number of aromatic nitrogens is 2. The van der Waals surface area contributed by atoms with Gasteiger partial charge < -0.3 is 19.5 Å². The van der Waals surface area contributed by atoms with Gasteiger partial charge in [-0.3, -0.25) is 0 Å². The number of carbonyl (C=O) groups is 1. The van der Waals surface area contributed by atoms with E-state index in [1.165, 1.54) is 0 Å². The molecule has 1 aliphatic rings. The number of piperidine rings is 1. The van der Waals surface area contributed by atoms with Gasteiger partial charge in [-0.25, -0.2) is 4.79 Å². The number of rotatable bonds is 5. The molecule has 1 saturated heterocycles. The molecule has 1 fully saturated rings. The van der Waals surface area contributed by atoms with Crippen LogP contribution in [-0.4, -0.2) is 34.7 Å². The summed E-state index contributed by atoms with van der Waals surface area (Å²) in [5.41, 5.74) is 2.77. The minimum Gasteiger partial charge on any atom is -0.497 e. The number of hydrogen-bond donors (Lipinski definition) is 1. The SMILES string of the molecule is CCc1ccccc1NC(=O)N1CCCCC1c1nc(-c2cccc(OC)c2)no1. The molecule has 1 atom stereocenters. The number of benzene rings is 2. The van der Waals surface area contributed by atoms with E-state index in [-0.39, 0.29) is 12.1 Å². The zero-order chi connectivity index (χ0) is 20.9. The van der Waals surface area contributed by atoms with E-state index in [2.05, 4.69) is 22.4 Å². The summed E-state index contributed by atoms with van der Waals surface area (Å²) in [6.07, 6.45) is 3.61. The first kappa shape index (κ1) is 19.9.